The van der Waals surface area contributed by atoms with Crippen LogP contribution in [0.1, 0.15) is 74.1 Å². The van der Waals surface area contributed by atoms with Crippen LogP contribution in [0, 0.1) is 17.8 Å². The number of likely N-dealkylation sites (N-methyl/N-ethyl adjacent to an activating group) is 2. The zero-order valence-electron chi connectivity index (χ0n) is 28.9. The second kappa shape index (κ2) is 23.1. The summed E-state index contributed by atoms with van der Waals surface area (Å²) in [6.45, 7) is 15.4. The van der Waals surface area contributed by atoms with Gasteiger partial charge in [-0.2, -0.15) is 0 Å². The van der Waals surface area contributed by atoms with Crippen LogP contribution in [0.2, 0.25) is 0 Å². The largest absolute Gasteiger partial charge is 0.381 e. The summed E-state index contributed by atoms with van der Waals surface area (Å²) in [5.74, 6) is 3.62. The molecule has 258 valence electrons. The molecule has 0 aliphatic heterocycles. The quantitative estimate of drug-likeness (QED) is 0.106. The number of carbonyl (C=O) groups is 4. The predicted molar refractivity (Wildman–Crippen MR) is 169 cm³/mol. The van der Waals surface area contributed by atoms with E-state index in [-0.39, 0.29) is 73.2 Å². The van der Waals surface area contributed by atoms with E-state index in [0.29, 0.717) is 32.8 Å². The van der Waals surface area contributed by atoms with E-state index in [1.807, 2.05) is 34.6 Å². The van der Waals surface area contributed by atoms with Gasteiger partial charge in [-0.1, -0.05) is 54.9 Å². The molecule has 0 aromatic heterocycles. The van der Waals surface area contributed by atoms with Crippen molar-refractivity contribution in [3.05, 3.63) is 0 Å². The molecular weight excluding hydrogens is 570 g/mol. The Balaban J connectivity index is 5.05. The molecule has 0 rings (SSSR count). The molecule has 0 unspecified atom stereocenters. The number of ether oxygens (including phenoxy) is 3. The summed E-state index contributed by atoms with van der Waals surface area (Å²) in [6, 6.07) is -1.64. The van der Waals surface area contributed by atoms with Gasteiger partial charge in [0.05, 0.1) is 31.8 Å². The Morgan fingerprint density at radius 2 is 1.45 bits per heavy atom. The Morgan fingerprint density at radius 1 is 0.841 bits per heavy atom. The molecule has 0 aromatic carbocycles. The topological polar surface area (TPSA) is 162 Å². The lowest BCUT2D eigenvalue weighted by atomic mass is 9.90. The number of rotatable bonds is 24. The molecule has 44 heavy (non-hydrogen) atoms. The van der Waals surface area contributed by atoms with Crippen molar-refractivity contribution >= 4 is 23.6 Å². The van der Waals surface area contributed by atoms with Crippen LogP contribution in [0.5, 0.6) is 0 Å². The zero-order chi connectivity index (χ0) is 33.8. The predicted octanol–water partition coefficient (Wildman–Crippen LogP) is 1.73. The third-order valence-corrected chi connectivity index (χ3v) is 7.87. The third-order valence-electron chi connectivity index (χ3n) is 7.87. The second-order valence-electron chi connectivity index (χ2n) is 11.9. The van der Waals surface area contributed by atoms with Crippen LogP contribution in [-0.4, -0.2) is 118 Å². The van der Waals surface area contributed by atoms with Crippen molar-refractivity contribution in [3.63, 3.8) is 0 Å². The number of hydrogen-bond donors (Lipinski definition) is 3. The summed E-state index contributed by atoms with van der Waals surface area (Å²) < 4.78 is 16.7. The highest BCUT2D eigenvalue weighted by Crippen LogP contribution is 2.23. The highest BCUT2D eigenvalue weighted by Gasteiger charge is 2.38. The average molecular weight is 632 g/mol. The van der Waals surface area contributed by atoms with E-state index in [0.717, 1.165) is 12.8 Å². The Hall–Kier alpha value is -2.32. The highest BCUT2D eigenvalue weighted by atomic mass is 16.6. The van der Waals surface area contributed by atoms with Crippen LogP contribution in [0.15, 0.2) is 0 Å². The number of nitrogens with zero attached hydrogens (tertiary/aromatic N) is 2. The maximum absolute atomic E-state index is 13.8. The number of carbonyl (C=O) groups excluding carboxylic acids is 4. The van der Waals surface area contributed by atoms with E-state index >= 15 is 0 Å². The number of nitrogens with two attached hydrogens (primary N) is 1. The van der Waals surface area contributed by atoms with Gasteiger partial charge < -0.3 is 34.6 Å². The van der Waals surface area contributed by atoms with Gasteiger partial charge in [0.15, 0.2) is 0 Å². The minimum atomic E-state index is -0.750. The molecule has 0 saturated carbocycles. The molecular formula is C31H61N5O8. The molecule has 0 heterocycles. The number of amides is 4. The standard InChI is InChI=1S/C31H61N5O8/c1-11-23(7)29(24(12-2)41-10)36(9)31(40)27(21(3)4)34-30(39)28(22(5)6)35(8)26(38)14-18-42-16-13-17-43-19-15-33-25(37)20-44-32/h21-24,27-29H,11-20,32H2,1-10H3,(H,33,37)(H,34,39)/t23-,24+,27-,28-,29-/m0/s1. The van der Waals surface area contributed by atoms with Gasteiger partial charge in [0.2, 0.25) is 23.6 Å². The Kier molecular flexibility index (Phi) is 21.9. The van der Waals surface area contributed by atoms with E-state index in [1.165, 1.54) is 4.90 Å². The highest BCUT2D eigenvalue weighted by molar-refractivity contribution is 5.92. The lowest BCUT2D eigenvalue weighted by Gasteiger charge is -2.40. The maximum atomic E-state index is 13.8. The lowest BCUT2D eigenvalue weighted by Crippen LogP contribution is -2.60. The SMILES string of the molecule is CC[C@H](C)[C@@H]([C@@H](CC)OC)N(C)C(=O)[C@@H](NC(=O)[C@H](C(C)C)N(C)C(=O)CCOCCCOCCNC(=O)CON)C(C)C. The summed E-state index contributed by atoms with van der Waals surface area (Å²) in [6.07, 6.45) is 2.26. The third kappa shape index (κ3) is 14.6. The fourth-order valence-corrected chi connectivity index (χ4v) is 5.18. The first-order valence-corrected chi connectivity index (χ1v) is 15.9. The Bertz CT molecular complexity index is 840. The monoisotopic (exact) mass is 631 g/mol. The van der Waals surface area contributed by atoms with Crippen molar-refractivity contribution in [2.45, 2.75) is 98.4 Å². The Morgan fingerprint density at radius 3 is 1.95 bits per heavy atom. The smallest absolute Gasteiger partial charge is 0.248 e. The van der Waals surface area contributed by atoms with Crippen LogP contribution in [0.4, 0.5) is 0 Å². The summed E-state index contributed by atoms with van der Waals surface area (Å²) in [7, 11) is 5.06. The number of methoxy groups -OCH3 is 1. The van der Waals surface area contributed by atoms with Crippen molar-refractivity contribution in [2.75, 3.05) is 60.8 Å². The minimum absolute atomic E-state index is 0.115. The number of nitrogens with one attached hydrogen (secondary N) is 2. The van der Waals surface area contributed by atoms with Crippen LogP contribution in [0.3, 0.4) is 0 Å². The lowest BCUT2D eigenvalue weighted by molar-refractivity contribution is -0.146. The van der Waals surface area contributed by atoms with E-state index in [9.17, 15) is 19.2 Å². The molecule has 4 amide bonds. The van der Waals surface area contributed by atoms with E-state index in [4.69, 9.17) is 20.1 Å². The van der Waals surface area contributed by atoms with Gasteiger partial charge in [-0.3, -0.25) is 24.0 Å². The van der Waals surface area contributed by atoms with Gasteiger partial charge in [0.1, 0.15) is 18.7 Å². The van der Waals surface area contributed by atoms with Crippen molar-refractivity contribution in [1.82, 2.24) is 20.4 Å². The van der Waals surface area contributed by atoms with Gasteiger partial charge in [-0.15, -0.1) is 0 Å². The first kappa shape index (κ1) is 41.7. The molecule has 0 fully saturated rings. The van der Waals surface area contributed by atoms with Gasteiger partial charge >= 0.3 is 0 Å². The molecule has 0 radical (unpaired) electrons. The average Bonchev–Trinajstić information content (AvgIpc) is 2.98. The van der Waals surface area contributed by atoms with Crippen molar-refractivity contribution in [2.24, 2.45) is 23.7 Å². The van der Waals surface area contributed by atoms with Gasteiger partial charge in [-0.05, 0) is 30.6 Å². The summed E-state index contributed by atoms with van der Waals surface area (Å²) in [5, 5.41) is 5.57. The van der Waals surface area contributed by atoms with Crippen molar-refractivity contribution in [3.8, 4) is 0 Å². The summed E-state index contributed by atoms with van der Waals surface area (Å²) in [4.78, 5) is 59.0. The minimum Gasteiger partial charge on any atom is -0.381 e. The molecule has 0 spiro atoms. The fraction of sp³-hybridized carbons (Fsp3) is 0.871. The summed E-state index contributed by atoms with van der Waals surface area (Å²) >= 11 is 0. The molecule has 13 heteroatoms. The van der Waals surface area contributed by atoms with E-state index < -0.39 is 12.1 Å². The molecule has 0 saturated heterocycles. The second-order valence-corrected chi connectivity index (χ2v) is 11.9. The maximum Gasteiger partial charge on any atom is 0.248 e. The molecule has 13 nitrogen and oxygen atoms in total. The molecule has 5 atom stereocenters. The van der Waals surface area contributed by atoms with Crippen LogP contribution >= 0.6 is 0 Å². The zero-order valence-corrected chi connectivity index (χ0v) is 28.9. The molecule has 0 aliphatic rings. The fourth-order valence-electron chi connectivity index (χ4n) is 5.18. The first-order valence-electron chi connectivity index (χ1n) is 15.9. The Labute approximate surface area is 265 Å². The van der Waals surface area contributed by atoms with Gasteiger partial charge in [-0.25, -0.2) is 5.90 Å². The van der Waals surface area contributed by atoms with Crippen LogP contribution in [-0.2, 0) is 38.2 Å². The van der Waals surface area contributed by atoms with E-state index in [2.05, 4.69) is 29.3 Å². The van der Waals surface area contributed by atoms with Gasteiger partial charge in [0.25, 0.3) is 0 Å². The molecule has 0 aliphatic carbocycles. The van der Waals surface area contributed by atoms with Crippen LogP contribution in [0.25, 0.3) is 0 Å². The normalized spacial score (nSPS) is 14.9. The summed E-state index contributed by atoms with van der Waals surface area (Å²) in [5.41, 5.74) is 0. The van der Waals surface area contributed by atoms with Gasteiger partial charge in [0, 0.05) is 41.0 Å². The molecule has 0 aromatic rings. The number of hydrogen-bond acceptors (Lipinski definition) is 9. The molecule has 4 N–H and O–H groups in total. The van der Waals surface area contributed by atoms with Crippen LogP contribution < -0.4 is 16.5 Å². The first-order chi connectivity index (χ1) is 20.8. The van der Waals surface area contributed by atoms with E-state index in [1.54, 1.807) is 26.1 Å². The van der Waals surface area contributed by atoms with Crippen molar-refractivity contribution < 1.29 is 38.2 Å². The molecule has 0 bridgehead atoms. The van der Waals surface area contributed by atoms with Crippen molar-refractivity contribution in [1.29, 1.82) is 0 Å².